The predicted molar refractivity (Wildman–Crippen MR) is 90.8 cm³/mol. The Labute approximate surface area is 148 Å². The Morgan fingerprint density at radius 2 is 1.76 bits per heavy atom. The van der Waals surface area contributed by atoms with Crippen molar-refractivity contribution in [2.24, 2.45) is 0 Å². The summed E-state index contributed by atoms with van der Waals surface area (Å²) < 4.78 is 22.1. The third-order valence-electron chi connectivity index (χ3n) is 3.48. The van der Waals surface area contributed by atoms with E-state index in [9.17, 15) is 9.59 Å². The highest BCUT2D eigenvalue weighted by Gasteiger charge is 2.39. The summed E-state index contributed by atoms with van der Waals surface area (Å²) in [6, 6.07) is 9.71. The van der Waals surface area contributed by atoms with E-state index in [1.165, 1.54) is 0 Å². The molecule has 2 rings (SSSR count). The number of hydrogen-bond donors (Lipinski definition) is 0. The minimum Gasteiger partial charge on any atom is -0.460 e. The van der Waals surface area contributed by atoms with Gasteiger partial charge < -0.3 is 18.9 Å². The van der Waals surface area contributed by atoms with Crippen molar-refractivity contribution < 1.29 is 28.5 Å². The first-order chi connectivity index (χ1) is 11.8. The lowest BCUT2D eigenvalue weighted by Gasteiger charge is -2.26. The average molecular weight is 350 g/mol. The molecule has 0 spiro atoms. The smallest absolute Gasteiger partial charge is 0.313 e. The Bertz CT molecular complexity index is 569. The van der Waals surface area contributed by atoms with Gasteiger partial charge in [0.1, 0.15) is 24.4 Å². The van der Waals surface area contributed by atoms with Crippen LogP contribution < -0.4 is 0 Å². The second-order valence-electron chi connectivity index (χ2n) is 7.06. The van der Waals surface area contributed by atoms with Gasteiger partial charge in [-0.25, -0.2) is 0 Å². The van der Waals surface area contributed by atoms with E-state index >= 15 is 0 Å². The van der Waals surface area contributed by atoms with Crippen LogP contribution in [0.2, 0.25) is 0 Å². The van der Waals surface area contributed by atoms with Crippen molar-refractivity contribution >= 4 is 11.8 Å². The molecule has 1 aliphatic rings. The Hall–Kier alpha value is -1.76. The van der Waals surface area contributed by atoms with Gasteiger partial charge in [-0.15, -0.1) is 0 Å². The Morgan fingerprint density at radius 3 is 2.36 bits per heavy atom. The van der Waals surface area contributed by atoms with Gasteiger partial charge in [-0.3, -0.25) is 9.59 Å². The quantitative estimate of drug-likeness (QED) is 0.530. The van der Waals surface area contributed by atoms with Crippen LogP contribution in [0.5, 0.6) is 0 Å². The molecule has 1 saturated heterocycles. The minimum atomic E-state index is -1.12. The fourth-order valence-corrected chi connectivity index (χ4v) is 2.53. The van der Waals surface area contributed by atoms with Crippen LogP contribution in [0.15, 0.2) is 30.3 Å². The van der Waals surface area contributed by atoms with Crippen molar-refractivity contribution in [3.05, 3.63) is 35.9 Å². The molecule has 0 aromatic heterocycles. The van der Waals surface area contributed by atoms with Crippen molar-refractivity contribution in [1.29, 1.82) is 0 Å². The minimum absolute atomic E-state index is 0.0406. The summed E-state index contributed by atoms with van der Waals surface area (Å²) in [5.74, 6) is -1.95. The molecule has 6 nitrogen and oxygen atoms in total. The van der Waals surface area contributed by atoms with Crippen molar-refractivity contribution in [3.63, 3.8) is 0 Å². The first-order valence-electron chi connectivity index (χ1n) is 8.41. The van der Waals surface area contributed by atoms with Gasteiger partial charge in [0.25, 0.3) is 0 Å². The Balaban J connectivity index is 1.84. The summed E-state index contributed by atoms with van der Waals surface area (Å²) in [6.07, 6.45) is -0.342. The van der Waals surface area contributed by atoms with Gasteiger partial charge >= 0.3 is 5.97 Å². The number of esters is 1. The number of ketones is 1. The molecule has 25 heavy (non-hydrogen) atoms. The lowest BCUT2D eigenvalue weighted by Crippen LogP contribution is -2.39. The van der Waals surface area contributed by atoms with Crippen LogP contribution in [0.4, 0.5) is 0 Å². The molecule has 1 fully saturated rings. The molecule has 0 aliphatic carbocycles. The highest BCUT2D eigenvalue weighted by Crippen LogP contribution is 2.25. The zero-order valence-corrected chi connectivity index (χ0v) is 15.1. The number of benzene rings is 1. The summed E-state index contributed by atoms with van der Waals surface area (Å²) in [7, 11) is 0. The molecule has 0 unspecified atom stereocenters. The number of Topliss-reactive ketones (excluding diaryl/α,β-unsaturated/α-hetero) is 1. The molecular formula is C19H26O6. The summed E-state index contributed by atoms with van der Waals surface area (Å²) >= 11 is 0. The van der Waals surface area contributed by atoms with Crippen molar-refractivity contribution in [3.8, 4) is 0 Å². The number of rotatable bonds is 8. The van der Waals surface area contributed by atoms with E-state index in [0.717, 1.165) is 5.56 Å². The molecular weight excluding hydrogens is 324 g/mol. The standard InChI is InChI=1S/C19H26O6/c1-18(2,3)25-17(21)11-16(20)12-19(23-9-10-24-19)14-22-13-15-7-5-4-6-8-15/h4-8H,9-14H2,1-3H3. The highest BCUT2D eigenvalue weighted by atomic mass is 16.8. The van der Waals surface area contributed by atoms with E-state index in [2.05, 4.69) is 0 Å². The monoisotopic (exact) mass is 350 g/mol. The second-order valence-corrected chi connectivity index (χ2v) is 7.06. The van der Waals surface area contributed by atoms with E-state index in [1.54, 1.807) is 20.8 Å². The van der Waals surface area contributed by atoms with Crippen LogP contribution in [0.1, 0.15) is 39.2 Å². The molecule has 0 saturated carbocycles. The van der Waals surface area contributed by atoms with Gasteiger partial charge in [-0.1, -0.05) is 30.3 Å². The van der Waals surface area contributed by atoms with Crippen LogP contribution in [-0.2, 0) is 35.1 Å². The molecule has 0 N–H and O–H groups in total. The summed E-state index contributed by atoms with van der Waals surface area (Å²) in [5.41, 5.74) is 0.407. The summed E-state index contributed by atoms with van der Waals surface area (Å²) in [5, 5.41) is 0. The van der Waals surface area contributed by atoms with Crippen LogP contribution in [0.3, 0.4) is 0 Å². The zero-order valence-electron chi connectivity index (χ0n) is 15.1. The maximum atomic E-state index is 12.2. The van der Waals surface area contributed by atoms with Gasteiger partial charge in [0.15, 0.2) is 5.79 Å². The maximum absolute atomic E-state index is 12.2. The van der Waals surface area contributed by atoms with Crippen LogP contribution in [0, 0.1) is 0 Å². The lowest BCUT2D eigenvalue weighted by atomic mass is 10.1. The second kappa shape index (κ2) is 8.56. The van der Waals surface area contributed by atoms with Gasteiger partial charge in [-0.2, -0.15) is 0 Å². The zero-order chi connectivity index (χ0) is 18.3. The van der Waals surface area contributed by atoms with Gasteiger partial charge in [-0.05, 0) is 26.3 Å². The summed E-state index contributed by atoms with van der Waals surface area (Å²) in [4.78, 5) is 24.0. The molecule has 1 aliphatic heterocycles. The van der Waals surface area contributed by atoms with E-state index in [1.807, 2.05) is 30.3 Å². The van der Waals surface area contributed by atoms with E-state index in [0.29, 0.717) is 19.8 Å². The fraction of sp³-hybridized carbons (Fsp3) is 0.579. The molecule has 0 radical (unpaired) electrons. The van der Waals surface area contributed by atoms with Gasteiger partial charge in [0.2, 0.25) is 0 Å². The predicted octanol–water partition coefficient (Wildman–Crippen LogP) is 2.64. The molecule has 0 atom stereocenters. The largest absolute Gasteiger partial charge is 0.460 e. The van der Waals surface area contributed by atoms with E-state index in [4.69, 9.17) is 18.9 Å². The first kappa shape index (κ1) is 19.6. The van der Waals surface area contributed by atoms with Crippen molar-refractivity contribution in [2.75, 3.05) is 19.8 Å². The first-order valence-corrected chi connectivity index (χ1v) is 8.41. The fourth-order valence-electron chi connectivity index (χ4n) is 2.53. The van der Waals surface area contributed by atoms with Crippen molar-refractivity contribution in [2.45, 2.75) is 51.6 Å². The Morgan fingerprint density at radius 1 is 1.12 bits per heavy atom. The average Bonchev–Trinajstić information content (AvgIpc) is 2.94. The molecule has 6 heteroatoms. The molecule has 1 aromatic carbocycles. The van der Waals surface area contributed by atoms with Crippen LogP contribution >= 0.6 is 0 Å². The van der Waals surface area contributed by atoms with Gasteiger partial charge in [0.05, 0.1) is 26.2 Å². The third kappa shape index (κ3) is 6.94. The molecule has 1 heterocycles. The van der Waals surface area contributed by atoms with E-state index < -0.39 is 17.4 Å². The molecule has 0 amide bonds. The number of hydrogen-bond acceptors (Lipinski definition) is 6. The molecule has 138 valence electrons. The SMILES string of the molecule is CC(C)(C)OC(=O)CC(=O)CC1(COCc2ccccc2)OCCO1. The topological polar surface area (TPSA) is 71.1 Å². The number of carbonyl (C=O) groups excluding carboxylic acids is 2. The van der Waals surface area contributed by atoms with E-state index in [-0.39, 0.29) is 25.2 Å². The third-order valence-corrected chi connectivity index (χ3v) is 3.48. The van der Waals surface area contributed by atoms with Crippen molar-refractivity contribution in [1.82, 2.24) is 0 Å². The normalized spacial score (nSPS) is 16.6. The summed E-state index contributed by atoms with van der Waals surface area (Å²) in [6.45, 7) is 6.60. The van der Waals surface area contributed by atoms with Crippen LogP contribution in [-0.4, -0.2) is 43.0 Å². The Kier molecular flexibility index (Phi) is 6.70. The number of ether oxygens (including phenoxy) is 4. The lowest BCUT2D eigenvalue weighted by molar-refractivity contribution is -0.200. The number of carbonyl (C=O) groups is 2. The molecule has 1 aromatic rings. The molecule has 0 bridgehead atoms. The van der Waals surface area contributed by atoms with Crippen LogP contribution in [0.25, 0.3) is 0 Å². The van der Waals surface area contributed by atoms with Gasteiger partial charge in [0, 0.05) is 0 Å². The maximum Gasteiger partial charge on any atom is 0.313 e. The highest BCUT2D eigenvalue weighted by molar-refractivity contribution is 5.96.